The molecule has 1 saturated heterocycles. The summed E-state index contributed by atoms with van der Waals surface area (Å²) in [4.78, 5) is 13.5. The summed E-state index contributed by atoms with van der Waals surface area (Å²) < 4.78 is 18.9. The van der Waals surface area contributed by atoms with E-state index in [-0.39, 0.29) is 16.7 Å². The highest BCUT2D eigenvalue weighted by Crippen LogP contribution is 2.22. The van der Waals surface area contributed by atoms with Crippen LogP contribution in [0.1, 0.15) is 6.42 Å². The summed E-state index contributed by atoms with van der Waals surface area (Å²) in [6.07, 6.45) is 0.948. The van der Waals surface area contributed by atoms with Crippen molar-refractivity contribution in [3.05, 3.63) is 29.0 Å². The van der Waals surface area contributed by atoms with Crippen LogP contribution in [-0.4, -0.2) is 37.7 Å². The van der Waals surface area contributed by atoms with Gasteiger partial charge in [-0.3, -0.25) is 0 Å². The monoisotopic (exact) mass is 286 g/mol. The minimum atomic E-state index is -0.616. The molecular formula is C13H16ClFN2O2. The van der Waals surface area contributed by atoms with Gasteiger partial charge in [0.25, 0.3) is 0 Å². The number of ether oxygens (including phenoxy) is 1. The van der Waals surface area contributed by atoms with Crippen LogP contribution in [0.5, 0.6) is 0 Å². The Morgan fingerprint density at radius 3 is 3.11 bits per heavy atom. The zero-order valence-electron chi connectivity index (χ0n) is 10.7. The fraction of sp³-hybridized carbons (Fsp3) is 0.462. The Morgan fingerprint density at radius 2 is 2.42 bits per heavy atom. The molecular weight excluding hydrogens is 271 g/mol. The van der Waals surface area contributed by atoms with Gasteiger partial charge in [0, 0.05) is 26.1 Å². The highest BCUT2D eigenvalue weighted by Gasteiger charge is 2.20. The van der Waals surface area contributed by atoms with Crippen molar-refractivity contribution in [2.75, 3.05) is 32.1 Å². The van der Waals surface area contributed by atoms with Gasteiger partial charge in [-0.15, -0.1) is 0 Å². The molecule has 1 heterocycles. The molecule has 0 radical (unpaired) electrons. The van der Waals surface area contributed by atoms with Gasteiger partial charge in [-0.25, -0.2) is 9.18 Å². The van der Waals surface area contributed by atoms with E-state index in [0.717, 1.165) is 13.0 Å². The van der Waals surface area contributed by atoms with E-state index < -0.39 is 5.82 Å². The molecule has 1 N–H and O–H groups in total. The number of halogens is 2. The summed E-state index contributed by atoms with van der Waals surface area (Å²) >= 11 is 5.66. The average molecular weight is 287 g/mol. The van der Waals surface area contributed by atoms with Crippen LogP contribution in [0.2, 0.25) is 5.02 Å². The maximum Gasteiger partial charge on any atom is 0.321 e. The minimum Gasteiger partial charge on any atom is -0.381 e. The first kappa shape index (κ1) is 14.1. The highest BCUT2D eigenvalue weighted by atomic mass is 35.5. The molecule has 0 aliphatic carbocycles. The number of hydrogen-bond acceptors (Lipinski definition) is 2. The van der Waals surface area contributed by atoms with E-state index in [1.807, 2.05) is 0 Å². The maximum atomic E-state index is 13.6. The molecule has 1 aromatic rings. The predicted octanol–water partition coefficient (Wildman–Crippen LogP) is 2.98. The molecule has 2 rings (SSSR count). The average Bonchev–Trinajstić information content (AvgIpc) is 2.87. The van der Waals surface area contributed by atoms with Gasteiger partial charge in [-0.2, -0.15) is 0 Å². The summed E-state index contributed by atoms with van der Waals surface area (Å²) in [6, 6.07) is 4.15. The van der Waals surface area contributed by atoms with Gasteiger partial charge in [0.1, 0.15) is 0 Å². The van der Waals surface area contributed by atoms with E-state index >= 15 is 0 Å². The molecule has 0 spiro atoms. The molecule has 1 fully saturated rings. The van der Waals surface area contributed by atoms with Crippen LogP contribution in [0.25, 0.3) is 0 Å². The van der Waals surface area contributed by atoms with Crippen molar-refractivity contribution in [3.8, 4) is 0 Å². The number of urea groups is 1. The molecule has 1 aromatic carbocycles. The van der Waals surface area contributed by atoms with E-state index in [0.29, 0.717) is 19.1 Å². The van der Waals surface area contributed by atoms with E-state index in [2.05, 4.69) is 5.32 Å². The van der Waals surface area contributed by atoms with Gasteiger partial charge in [-0.1, -0.05) is 17.7 Å². The topological polar surface area (TPSA) is 41.6 Å². The van der Waals surface area contributed by atoms with Crippen molar-refractivity contribution in [1.82, 2.24) is 4.90 Å². The normalized spacial score (nSPS) is 18.4. The molecule has 1 aliphatic rings. The summed E-state index contributed by atoms with van der Waals surface area (Å²) in [5.74, 6) is -0.268. The Balaban J connectivity index is 1.94. The van der Waals surface area contributed by atoms with Crippen LogP contribution >= 0.6 is 11.6 Å². The first-order chi connectivity index (χ1) is 9.08. The highest BCUT2D eigenvalue weighted by molar-refractivity contribution is 6.31. The number of nitrogens with one attached hydrogen (secondary N) is 1. The van der Waals surface area contributed by atoms with E-state index in [1.165, 1.54) is 17.0 Å². The van der Waals surface area contributed by atoms with Gasteiger partial charge in [-0.05, 0) is 18.6 Å². The van der Waals surface area contributed by atoms with E-state index in [9.17, 15) is 9.18 Å². The third-order valence-corrected chi connectivity index (χ3v) is 3.39. The molecule has 1 atom stereocenters. The summed E-state index contributed by atoms with van der Waals surface area (Å²) in [5, 5.41) is 2.50. The number of hydrogen-bond donors (Lipinski definition) is 1. The quantitative estimate of drug-likeness (QED) is 0.928. The van der Waals surface area contributed by atoms with Crippen molar-refractivity contribution in [2.45, 2.75) is 6.42 Å². The molecule has 0 aromatic heterocycles. The van der Waals surface area contributed by atoms with Crippen LogP contribution in [-0.2, 0) is 4.74 Å². The number of rotatable bonds is 3. The maximum absolute atomic E-state index is 13.6. The summed E-state index contributed by atoms with van der Waals surface area (Å²) in [5.41, 5.74) is 0.0898. The molecule has 6 heteroatoms. The smallest absolute Gasteiger partial charge is 0.321 e. The number of carbonyl (C=O) groups is 1. The number of anilines is 1. The second-order valence-electron chi connectivity index (χ2n) is 4.64. The van der Waals surface area contributed by atoms with Gasteiger partial charge < -0.3 is 15.0 Å². The van der Waals surface area contributed by atoms with E-state index in [4.69, 9.17) is 16.3 Å². The third-order valence-electron chi connectivity index (χ3n) is 3.10. The molecule has 1 unspecified atom stereocenters. The van der Waals surface area contributed by atoms with Crippen molar-refractivity contribution in [3.63, 3.8) is 0 Å². The van der Waals surface area contributed by atoms with Crippen molar-refractivity contribution in [2.24, 2.45) is 5.92 Å². The lowest BCUT2D eigenvalue weighted by Gasteiger charge is -2.21. The standard InChI is InChI=1S/C13H16ClFN2O2/c1-17(7-9-5-6-19-8-9)13(18)16-11-4-2-3-10(14)12(11)15/h2-4,9H,5-8H2,1H3,(H,16,18). The fourth-order valence-corrected chi connectivity index (χ4v) is 2.18. The van der Waals surface area contributed by atoms with Crippen LogP contribution in [0.15, 0.2) is 18.2 Å². The Morgan fingerprint density at radius 1 is 1.63 bits per heavy atom. The lowest BCUT2D eigenvalue weighted by molar-refractivity contribution is 0.175. The number of nitrogens with zero attached hydrogens (tertiary/aromatic N) is 1. The Bertz CT molecular complexity index is 464. The Hall–Kier alpha value is -1.33. The van der Waals surface area contributed by atoms with Crippen LogP contribution < -0.4 is 5.32 Å². The zero-order valence-corrected chi connectivity index (χ0v) is 11.4. The van der Waals surface area contributed by atoms with Crippen molar-refractivity contribution < 1.29 is 13.9 Å². The largest absolute Gasteiger partial charge is 0.381 e. The predicted molar refractivity (Wildman–Crippen MR) is 72.0 cm³/mol. The second kappa shape index (κ2) is 6.21. The van der Waals surface area contributed by atoms with E-state index in [1.54, 1.807) is 13.1 Å². The molecule has 2 amide bonds. The first-order valence-electron chi connectivity index (χ1n) is 6.12. The Labute approximate surface area is 116 Å². The van der Waals surface area contributed by atoms with Crippen molar-refractivity contribution >= 4 is 23.3 Å². The van der Waals surface area contributed by atoms with Gasteiger partial charge in [0.05, 0.1) is 17.3 Å². The minimum absolute atomic E-state index is 0.00959. The SMILES string of the molecule is CN(CC1CCOC1)C(=O)Nc1cccc(Cl)c1F. The lowest BCUT2D eigenvalue weighted by atomic mass is 10.1. The molecule has 1 aliphatic heterocycles. The molecule has 0 saturated carbocycles. The summed E-state index contributed by atoms with van der Waals surface area (Å²) in [6.45, 7) is 2.00. The van der Waals surface area contributed by atoms with Gasteiger partial charge in [0.15, 0.2) is 5.82 Å². The summed E-state index contributed by atoms with van der Waals surface area (Å²) in [7, 11) is 1.68. The van der Waals surface area contributed by atoms with Crippen LogP contribution in [0, 0.1) is 11.7 Å². The molecule has 104 valence electrons. The van der Waals surface area contributed by atoms with Crippen LogP contribution in [0.3, 0.4) is 0 Å². The lowest BCUT2D eigenvalue weighted by Crippen LogP contribution is -2.35. The molecule has 0 bridgehead atoms. The molecule has 19 heavy (non-hydrogen) atoms. The van der Waals surface area contributed by atoms with Crippen molar-refractivity contribution in [1.29, 1.82) is 0 Å². The fourth-order valence-electron chi connectivity index (χ4n) is 2.01. The molecule has 4 nitrogen and oxygen atoms in total. The van der Waals surface area contributed by atoms with Gasteiger partial charge in [0.2, 0.25) is 0 Å². The van der Waals surface area contributed by atoms with Crippen LogP contribution in [0.4, 0.5) is 14.9 Å². The van der Waals surface area contributed by atoms with Gasteiger partial charge >= 0.3 is 6.03 Å². The second-order valence-corrected chi connectivity index (χ2v) is 5.05. The third kappa shape index (κ3) is 3.58. The first-order valence-corrected chi connectivity index (χ1v) is 6.49. The number of benzene rings is 1. The Kier molecular flexibility index (Phi) is 4.61. The number of carbonyl (C=O) groups excluding carboxylic acids is 1. The zero-order chi connectivity index (χ0) is 13.8. The number of amides is 2.